The molecule has 0 amide bonds. The first kappa shape index (κ1) is 18.9. The fourth-order valence-corrected chi connectivity index (χ4v) is 3.68. The van der Waals surface area contributed by atoms with Crippen molar-refractivity contribution in [3.63, 3.8) is 0 Å². The average Bonchev–Trinajstić information content (AvgIpc) is 3.23. The van der Waals surface area contributed by atoms with Gasteiger partial charge in [-0.05, 0) is 68.4 Å². The van der Waals surface area contributed by atoms with Crippen LogP contribution in [-0.2, 0) is 12.8 Å². The highest BCUT2D eigenvalue weighted by Gasteiger charge is 2.38. The highest BCUT2D eigenvalue weighted by molar-refractivity contribution is 14.1. The van der Waals surface area contributed by atoms with E-state index in [0.717, 1.165) is 43.2 Å². The van der Waals surface area contributed by atoms with E-state index in [0.29, 0.717) is 14.6 Å². The summed E-state index contributed by atoms with van der Waals surface area (Å²) >= 11 is 2.56. The Morgan fingerprint density at radius 2 is 1.83 bits per heavy atom. The molecule has 2 nitrogen and oxygen atoms in total. The van der Waals surface area contributed by atoms with Crippen molar-refractivity contribution in [2.75, 3.05) is 0 Å². The summed E-state index contributed by atoms with van der Waals surface area (Å²) in [5.41, 5.74) is 2.10. The van der Waals surface area contributed by atoms with E-state index in [1.165, 1.54) is 25.7 Å². The Morgan fingerprint density at radius 1 is 1.13 bits per heavy atom. The van der Waals surface area contributed by atoms with Crippen LogP contribution in [0.4, 0.5) is 0 Å². The zero-order valence-electron chi connectivity index (χ0n) is 14.8. The molecule has 0 unspecified atom stereocenters. The number of phenolic OH excluding ortho intramolecular Hbond substituents is 2. The lowest BCUT2D eigenvalue weighted by Crippen LogP contribution is -2.09. The van der Waals surface area contributed by atoms with Crippen molar-refractivity contribution in [2.24, 2.45) is 5.41 Å². The molecule has 0 aliphatic heterocycles. The van der Waals surface area contributed by atoms with Gasteiger partial charge in [0.15, 0.2) is 0 Å². The van der Waals surface area contributed by atoms with Crippen molar-refractivity contribution >= 4 is 22.6 Å². The van der Waals surface area contributed by atoms with Gasteiger partial charge in [-0.1, -0.05) is 55.8 Å². The Hall–Kier alpha value is -0.450. The van der Waals surface area contributed by atoms with E-state index < -0.39 is 0 Å². The van der Waals surface area contributed by atoms with Gasteiger partial charge in [0.1, 0.15) is 11.5 Å². The van der Waals surface area contributed by atoms with E-state index in [1.54, 1.807) is 6.07 Å². The summed E-state index contributed by atoms with van der Waals surface area (Å²) in [6.07, 6.45) is 9.94. The van der Waals surface area contributed by atoms with Gasteiger partial charge in [0.2, 0.25) is 0 Å². The SMILES string of the molecule is CCC(C)(C)CCCc1ccc(O)c(CCCC2(I)CC2)c1O. The average molecular weight is 430 g/mol. The molecular formula is C20H31IO2. The van der Waals surface area contributed by atoms with Crippen LogP contribution in [0.5, 0.6) is 11.5 Å². The molecule has 0 aromatic heterocycles. The molecule has 1 aromatic rings. The Balaban J connectivity index is 1.94. The van der Waals surface area contributed by atoms with Gasteiger partial charge in [-0.15, -0.1) is 0 Å². The minimum Gasteiger partial charge on any atom is -0.508 e. The summed E-state index contributed by atoms with van der Waals surface area (Å²) < 4.78 is 0.506. The van der Waals surface area contributed by atoms with E-state index in [4.69, 9.17) is 0 Å². The standard InChI is InChI=1S/C20H31IO2/c1-4-19(2,3)11-5-7-15-9-10-17(22)16(18(15)23)8-6-12-20(21)13-14-20/h9-10,22-23H,4-8,11-14H2,1-3H3. The predicted molar refractivity (Wildman–Crippen MR) is 106 cm³/mol. The Bertz CT molecular complexity index is 533. The highest BCUT2D eigenvalue weighted by Crippen LogP contribution is 2.49. The zero-order valence-corrected chi connectivity index (χ0v) is 16.9. The molecule has 23 heavy (non-hydrogen) atoms. The molecule has 2 rings (SSSR count). The summed E-state index contributed by atoms with van der Waals surface area (Å²) in [6.45, 7) is 6.83. The maximum absolute atomic E-state index is 10.5. The molecule has 130 valence electrons. The Labute approximate surface area is 154 Å². The number of benzene rings is 1. The fraction of sp³-hybridized carbons (Fsp3) is 0.700. The van der Waals surface area contributed by atoms with Gasteiger partial charge in [-0.3, -0.25) is 0 Å². The van der Waals surface area contributed by atoms with E-state index >= 15 is 0 Å². The summed E-state index contributed by atoms with van der Waals surface area (Å²) in [7, 11) is 0. The second-order valence-corrected chi connectivity index (χ2v) is 10.2. The third-order valence-electron chi connectivity index (χ3n) is 5.44. The number of aryl methyl sites for hydroxylation is 1. The number of halogens is 1. The molecule has 0 radical (unpaired) electrons. The largest absolute Gasteiger partial charge is 0.508 e. The van der Waals surface area contributed by atoms with Gasteiger partial charge >= 0.3 is 0 Å². The minimum absolute atomic E-state index is 0.249. The number of hydrogen-bond acceptors (Lipinski definition) is 2. The molecule has 1 saturated carbocycles. The molecule has 1 aromatic carbocycles. The van der Waals surface area contributed by atoms with Crippen LogP contribution < -0.4 is 0 Å². The molecule has 1 aliphatic rings. The quantitative estimate of drug-likeness (QED) is 0.365. The first-order valence-corrected chi connectivity index (χ1v) is 10.1. The number of alkyl halides is 1. The first-order valence-electron chi connectivity index (χ1n) is 8.98. The molecular weight excluding hydrogens is 399 g/mol. The Kier molecular flexibility index (Phi) is 6.26. The summed E-state index contributed by atoms with van der Waals surface area (Å²) in [6, 6.07) is 3.64. The summed E-state index contributed by atoms with van der Waals surface area (Å²) in [5, 5.41) is 20.6. The van der Waals surface area contributed by atoms with Crippen LogP contribution in [-0.4, -0.2) is 13.6 Å². The van der Waals surface area contributed by atoms with Crippen molar-refractivity contribution in [1.82, 2.24) is 0 Å². The molecule has 1 fully saturated rings. The molecule has 0 spiro atoms. The normalized spacial score (nSPS) is 16.5. The third kappa shape index (κ3) is 5.54. The number of phenols is 2. The van der Waals surface area contributed by atoms with Crippen molar-refractivity contribution in [1.29, 1.82) is 0 Å². The lowest BCUT2D eigenvalue weighted by atomic mass is 9.84. The zero-order chi connectivity index (χ0) is 17.1. The van der Waals surface area contributed by atoms with E-state index in [9.17, 15) is 10.2 Å². The highest BCUT2D eigenvalue weighted by atomic mass is 127. The topological polar surface area (TPSA) is 40.5 Å². The smallest absolute Gasteiger partial charge is 0.125 e. The third-order valence-corrected chi connectivity index (χ3v) is 7.06. The van der Waals surface area contributed by atoms with Gasteiger partial charge in [0.05, 0.1) is 0 Å². The maximum Gasteiger partial charge on any atom is 0.125 e. The second kappa shape index (κ2) is 7.62. The lowest BCUT2D eigenvalue weighted by molar-refractivity contribution is 0.312. The van der Waals surface area contributed by atoms with Crippen LogP contribution in [0.25, 0.3) is 0 Å². The van der Waals surface area contributed by atoms with Crippen LogP contribution in [0, 0.1) is 5.41 Å². The van der Waals surface area contributed by atoms with Crippen LogP contribution in [0.3, 0.4) is 0 Å². The maximum atomic E-state index is 10.5. The predicted octanol–water partition coefficient (Wildman–Crippen LogP) is 6.15. The molecule has 0 heterocycles. The van der Waals surface area contributed by atoms with Gasteiger partial charge < -0.3 is 10.2 Å². The molecule has 2 N–H and O–H groups in total. The summed E-state index contributed by atoms with van der Waals surface area (Å²) in [5.74, 6) is 0.580. The summed E-state index contributed by atoms with van der Waals surface area (Å²) in [4.78, 5) is 0. The van der Waals surface area contributed by atoms with Crippen molar-refractivity contribution in [2.45, 2.75) is 82.0 Å². The first-order chi connectivity index (χ1) is 10.8. The van der Waals surface area contributed by atoms with Gasteiger partial charge in [0.25, 0.3) is 0 Å². The van der Waals surface area contributed by atoms with Gasteiger partial charge in [-0.25, -0.2) is 0 Å². The molecule has 3 heteroatoms. The molecule has 0 atom stereocenters. The second-order valence-electron chi connectivity index (χ2n) is 7.95. The monoisotopic (exact) mass is 430 g/mol. The van der Waals surface area contributed by atoms with Crippen LogP contribution in [0.2, 0.25) is 0 Å². The molecule has 1 aliphatic carbocycles. The minimum atomic E-state index is 0.249. The Morgan fingerprint density at radius 3 is 2.43 bits per heavy atom. The van der Waals surface area contributed by atoms with Crippen LogP contribution >= 0.6 is 22.6 Å². The van der Waals surface area contributed by atoms with Crippen molar-refractivity contribution in [3.05, 3.63) is 23.3 Å². The fourth-order valence-electron chi connectivity index (χ4n) is 3.02. The number of hydrogen-bond donors (Lipinski definition) is 2. The van der Waals surface area contributed by atoms with E-state index in [-0.39, 0.29) is 5.75 Å². The van der Waals surface area contributed by atoms with Crippen LogP contribution in [0.15, 0.2) is 12.1 Å². The molecule has 0 saturated heterocycles. The van der Waals surface area contributed by atoms with Crippen molar-refractivity contribution in [3.8, 4) is 11.5 Å². The lowest BCUT2D eigenvalue weighted by Gasteiger charge is -2.22. The molecule has 0 bridgehead atoms. The van der Waals surface area contributed by atoms with Gasteiger partial charge in [0, 0.05) is 8.99 Å². The van der Waals surface area contributed by atoms with Crippen LogP contribution in [0.1, 0.15) is 76.8 Å². The van der Waals surface area contributed by atoms with Gasteiger partial charge in [-0.2, -0.15) is 0 Å². The van der Waals surface area contributed by atoms with E-state index in [2.05, 4.69) is 43.4 Å². The number of rotatable bonds is 9. The van der Waals surface area contributed by atoms with E-state index in [1.807, 2.05) is 6.07 Å². The number of aromatic hydroxyl groups is 2. The van der Waals surface area contributed by atoms with Crippen molar-refractivity contribution < 1.29 is 10.2 Å².